The molecule has 1 aliphatic heterocycles. The first kappa shape index (κ1) is 14.6. The average molecular weight is 316 g/mol. The Hall–Kier alpha value is -1.79. The Morgan fingerprint density at radius 2 is 2.05 bits per heavy atom. The molecule has 0 saturated carbocycles. The standard InChI is InChI=1S/C12H11Cl2N3O3/c1-16-6-11(19)17(12(16)20)5-10(18)15-9-3-2-7(13)4-8(9)14/h2-4H,5-6H2,1H3,(H,15,18). The van der Waals surface area contributed by atoms with Crippen molar-refractivity contribution in [2.24, 2.45) is 0 Å². The van der Waals surface area contributed by atoms with Gasteiger partial charge < -0.3 is 10.2 Å². The van der Waals surface area contributed by atoms with E-state index in [1.165, 1.54) is 18.0 Å². The highest BCUT2D eigenvalue weighted by Gasteiger charge is 2.34. The van der Waals surface area contributed by atoms with Gasteiger partial charge in [0.25, 0.3) is 5.91 Å². The van der Waals surface area contributed by atoms with E-state index in [0.717, 1.165) is 4.90 Å². The van der Waals surface area contributed by atoms with Gasteiger partial charge in [0.1, 0.15) is 13.1 Å². The number of anilines is 1. The molecule has 8 heteroatoms. The van der Waals surface area contributed by atoms with E-state index in [1.807, 2.05) is 0 Å². The van der Waals surface area contributed by atoms with Crippen LogP contribution in [0.1, 0.15) is 0 Å². The summed E-state index contributed by atoms with van der Waals surface area (Å²) >= 11 is 11.7. The minimum absolute atomic E-state index is 0.0200. The summed E-state index contributed by atoms with van der Waals surface area (Å²) in [5, 5.41) is 3.25. The summed E-state index contributed by atoms with van der Waals surface area (Å²) in [6.07, 6.45) is 0. The van der Waals surface area contributed by atoms with Crippen LogP contribution in [0.25, 0.3) is 0 Å². The molecule has 1 N–H and O–H groups in total. The second-order valence-corrected chi connectivity index (χ2v) is 5.13. The van der Waals surface area contributed by atoms with Gasteiger partial charge in [-0.2, -0.15) is 0 Å². The molecule has 2 rings (SSSR count). The number of nitrogens with zero attached hydrogens (tertiary/aromatic N) is 2. The first-order valence-corrected chi connectivity index (χ1v) is 6.44. The molecule has 0 atom stereocenters. The molecule has 0 unspecified atom stereocenters. The predicted molar refractivity (Wildman–Crippen MR) is 74.8 cm³/mol. The van der Waals surface area contributed by atoms with Crippen molar-refractivity contribution in [3.8, 4) is 0 Å². The molecule has 1 aliphatic rings. The quantitative estimate of drug-likeness (QED) is 0.865. The fourth-order valence-corrected chi connectivity index (χ4v) is 2.20. The molecule has 1 aromatic rings. The van der Waals surface area contributed by atoms with Crippen molar-refractivity contribution in [2.45, 2.75) is 0 Å². The van der Waals surface area contributed by atoms with Crippen molar-refractivity contribution in [3.63, 3.8) is 0 Å². The number of hydrogen-bond donors (Lipinski definition) is 1. The molecule has 0 aromatic heterocycles. The molecule has 1 aromatic carbocycles. The SMILES string of the molecule is CN1CC(=O)N(CC(=O)Nc2ccc(Cl)cc2Cl)C1=O. The molecular weight excluding hydrogens is 305 g/mol. The minimum Gasteiger partial charge on any atom is -0.323 e. The molecule has 0 aliphatic carbocycles. The minimum atomic E-state index is -0.508. The summed E-state index contributed by atoms with van der Waals surface area (Å²) in [5.74, 6) is -0.916. The Morgan fingerprint density at radius 3 is 2.60 bits per heavy atom. The van der Waals surface area contributed by atoms with Crippen molar-refractivity contribution < 1.29 is 14.4 Å². The third-order valence-corrected chi connectivity index (χ3v) is 3.29. The number of halogens is 2. The normalized spacial score (nSPS) is 14.9. The van der Waals surface area contributed by atoms with Crippen LogP contribution in [0.2, 0.25) is 10.0 Å². The van der Waals surface area contributed by atoms with E-state index in [1.54, 1.807) is 12.1 Å². The number of urea groups is 1. The summed E-state index contributed by atoms with van der Waals surface area (Å²) < 4.78 is 0. The zero-order valence-electron chi connectivity index (χ0n) is 10.5. The Labute approximate surface area is 125 Å². The summed E-state index contributed by atoms with van der Waals surface area (Å²) in [5.41, 5.74) is 0.369. The number of carbonyl (C=O) groups is 3. The highest BCUT2D eigenvalue weighted by molar-refractivity contribution is 6.36. The Balaban J connectivity index is 2.03. The molecule has 1 heterocycles. The molecule has 0 spiro atoms. The van der Waals surface area contributed by atoms with E-state index in [2.05, 4.69) is 5.32 Å². The lowest BCUT2D eigenvalue weighted by molar-refractivity contribution is -0.129. The number of rotatable bonds is 3. The fraction of sp³-hybridized carbons (Fsp3) is 0.250. The molecule has 4 amide bonds. The maximum atomic E-state index is 11.8. The molecule has 0 bridgehead atoms. The van der Waals surface area contributed by atoms with Crippen molar-refractivity contribution >= 4 is 46.7 Å². The predicted octanol–water partition coefficient (Wildman–Crippen LogP) is 1.83. The summed E-state index contributed by atoms with van der Waals surface area (Å²) in [6, 6.07) is 4.11. The van der Waals surface area contributed by atoms with Crippen LogP contribution >= 0.6 is 23.2 Å². The number of carbonyl (C=O) groups excluding carboxylic acids is 3. The van der Waals surface area contributed by atoms with Gasteiger partial charge in [0.2, 0.25) is 5.91 Å². The fourth-order valence-electron chi connectivity index (χ4n) is 1.75. The zero-order chi connectivity index (χ0) is 14.9. The zero-order valence-corrected chi connectivity index (χ0v) is 12.0. The lowest BCUT2D eigenvalue weighted by Crippen LogP contribution is -2.38. The number of hydrogen-bond acceptors (Lipinski definition) is 3. The largest absolute Gasteiger partial charge is 0.327 e. The van der Waals surface area contributed by atoms with E-state index in [-0.39, 0.29) is 18.1 Å². The maximum absolute atomic E-state index is 11.8. The smallest absolute Gasteiger partial charge is 0.323 e. The summed E-state index contributed by atoms with van der Waals surface area (Å²) in [6.45, 7) is -0.366. The number of likely N-dealkylation sites (N-methyl/N-ethyl adjacent to an activating group) is 1. The van der Waals surface area contributed by atoms with Crippen LogP contribution in [-0.2, 0) is 9.59 Å². The van der Waals surface area contributed by atoms with Gasteiger partial charge in [0.15, 0.2) is 0 Å². The topological polar surface area (TPSA) is 69.7 Å². The van der Waals surface area contributed by atoms with Crippen molar-refractivity contribution in [2.75, 3.05) is 25.5 Å². The van der Waals surface area contributed by atoms with Gasteiger partial charge >= 0.3 is 6.03 Å². The molecule has 1 saturated heterocycles. The summed E-state index contributed by atoms with van der Waals surface area (Å²) in [7, 11) is 1.49. The molecule has 106 valence electrons. The van der Waals surface area contributed by atoms with E-state index < -0.39 is 17.8 Å². The second kappa shape index (κ2) is 5.68. The molecule has 20 heavy (non-hydrogen) atoms. The van der Waals surface area contributed by atoms with Crippen LogP contribution in [-0.4, -0.2) is 47.8 Å². The van der Waals surface area contributed by atoms with Gasteiger partial charge in [0, 0.05) is 12.1 Å². The average Bonchev–Trinajstić information content (AvgIpc) is 2.60. The van der Waals surface area contributed by atoms with E-state index in [4.69, 9.17) is 23.2 Å². The third kappa shape index (κ3) is 3.02. The van der Waals surface area contributed by atoms with Crippen LogP contribution in [0.4, 0.5) is 10.5 Å². The van der Waals surface area contributed by atoms with Crippen LogP contribution in [0.15, 0.2) is 18.2 Å². The Bertz CT molecular complexity index is 591. The molecule has 6 nitrogen and oxygen atoms in total. The highest BCUT2D eigenvalue weighted by Crippen LogP contribution is 2.25. The lowest BCUT2D eigenvalue weighted by Gasteiger charge is -2.14. The lowest BCUT2D eigenvalue weighted by atomic mass is 10.3. The van der Waals surface area contributed by atoms with Gasteiger partial charge in [-0.25, -0.2) is 4.79 Å². The first-order chi connectivity index (χ1) is 9.38. The third-order valence-electron chi connectivity index (χ3n) is 2.74. The van der Waals surface area contributed by atoms with Crippen molar-refractivity contribution in [3.05, 3.63) is 28.2 Å². The molecule has 1 fully saturated rings. The number of nitrogens with one attached hydrogen (secondary N) is 1. The monoisotopic (exact) mass is 315 g/mol. The Morgan fingerprint density at radius 1 is 1.35 bits per heavy atom. The van der Waals surface area contributed by atoms with Crippen LogP contribution in [0, 0.1) is 0 Å². The van der Waals surface area contributed by atoms with E-state index in [0.29, 0.717) is 10.7 Å². The molecule has 0 radical (unpaired) electrons. The van der Waals surface area contributed by atoms with Gasteiger partial charge in [-0.05, 0) is 18.2 Å². The van der Waals surface area contributed by atoms with Gasteiger partial charge in [0.05, 0.1) is 10.7 Å². The van der Waals surface area contributed by atoms with Crippen LogP contribution in [0.5, 0.6) is 0 Å². The number of benzene rings is 1. The van der Waals surface area contributed by atoms with Gasteiger partial charge in [-0.15, -0.1) is 0 Å². The number of amides is 4. The maximum Gasteiger partial charge on any atom is 0.327 e. The van der Waals surface area contributed by atoms with Crippen LogP contribution < -0.4 is 5.32 Å². The summed E-state index contributed by atoms with van der Waals surface area (Å²) in [4.78, 5) is 37.1. The van der Waals surface area contributed by atoms with E-state index in [9.17, 15) is 14.4 Å². The van der Waals surface area contributed by atoms with Crippen molar-refractivity contribution in [1.29, 1.82) is 0 Å². The Kier molecular flexibility index (Phi) is 4.15. The highest BCUT2D eigenvalue weighted by atomic mass is 35.5. The van der Waals surface area contributed by atoms with Crippen molar-refractivity contribution in [1.82, 2.24) is 9.80 Å². The number of imide groups is 1. The van der Waals surface area contributed by atoms with Gasteiger partial charge in [-0.3, -0.25) is 14.5 Å². The van der Waals surface area contributed by atoms with Crippen LogP contribution in [0.3, 0.4) is 0 Å². The van der Waals surface area contributed by atoms with Gasteiger partial charge in [-0.1, -0.05) is 23.2 Å². The first-order valence-electron chi connectivity index (χ1n) is 5.69. The van der Waals surface area contributed by atoms with E-state index >= 15 is 0 Å². The molecular formula is C12H11Cl2N3O3. The second-order valence-electron chi connectivity index (χ2n) is 4.29.